The number of rotatable bonds is 7. The molecule has 1 aliphatic heterocycles. The van der Waals surface area contributed by atoms with Gasteiger partial charge >= 0.3 is 5.97 Å². The highest BCUT2D eigenvalue weighted by molar-refractivity contribution is 6.53. The van der Waals surface area contributed by atoms with E-state index in [9.17, 15) is 14.4 Å². The Labute approximate surface area is 212 Å². The molecule has 0 aromatic heterocycles. The molecule has 0 fully saturated rings. The van der Waals surface area contributed by atoms with Gasteiger partial charge in [-0.25, -0.2) is 9.69 Å². The summed E-state index contributed by atoms with van der Waals surface area (Å²) in [6.45, 7) is 1.88. The molecule has 0 saturated heterocycles. The Bertz CT molecular complexity index is 1400. The number of imide groups is 1. The van der Waals surface area contributed by atoms with E-state index in [-0.39, 0.29) is 27.7 Å². The van der Waals surface area contributed by atoms with E-state index in [1.807, 2.05) is 6.92 Å². The summed E-state index contributed by atoms with van der Waals surface area (Å²) in [4.78, 5) is 39.4. The van der Waals surface area contributed by atoms with Gasteiger partial charge in [-0.05, 0) is 61.0 Å². The zero-order valence-electron chi connectivity index (χ0n) is 19.6. The van der Waals surface area contributed by atoms with Crippen LogP contribution < -0.4 is 30.2 Å². The Hall–Kier alpha value is -4.50. The predicted octanol–water partition coefficient (Wildman–Crippen LogP) is 4.25. The van der Waals surface area contributed by atoms with E-state index in [2.05, 4.69) is 5.32 Å². The number of nitrogens with one attached hydrogen (secondary N) is 1. The van der Waals surface area contributed by atoms with Crippen LogP contribution in [0.4, 0.5) is 17.1 Å². The molecule has 1 heterocycles. The second-order valence-corrected chi connectivity index (χ2v) is 8.18. The lowest BCUT2D eigenvalue weighted by Crippen LogP contribution is -2.32. The summed E-state index contributed by atoms with van der Waals surface area (Å²) in [5, 5.41) is 2.57. The van der Waals surface area contributed by atoms with Crippen molar-refractivity contribution in [3.05, 3.63) is 82.5 Å². The molecule has 1 aliphatic rings. The molecule has 4 rings (SSSR count). The number of esters is 1. The molecule has 0 spiro atoms. The van der Waals surface area contributed by atoms with Crippen molar-refractivity contribution in [1.82, 2.24) is 0 Å². The monoisotopic (exact) mass is 507 g/mol. The van der Waals surface area contributed by atoms with Crippen LogP contribution in [0.5, 0.6) is 17.2 Å². The van der Waals surface area contributed by atoms with Crippen molar-refractivity contribution < 1.29 is 28.6 Å². The highest BCUT2D eigenvalue weighted by Gasteiger charge is 2.40. The van der Waals surface area contributed by atoms with Gasteiger partial charge in [0.25, 0.3) is 11.8 Å². The third kappa shape index (κ3) is 4.69. The number of amides is 2. The minimum Gasteiger partial charge on any atom is -0.497 e. The van der Waals surface area contributed by atoms with Gasteiger partial charge in [0.1, 0.15) is 22.2 Å². The van der Waals surface area contributed by atoms with Crippen molar-refractivity contribution >= 4 is 46.4 Å². The summed E-state index contributed by atoms with van der Waals surface area (Å²) in [5.74, 6) is -1.01. The zero-order valence-corrected chi connectivity index (χ0v) is 20.4. The fourth-order valence-corrected chi connectivity index (χ4v) is 3.77. The van der Waals surface area contributed by atoms with Crippen LogP contribution in [0.25, 0.3) is 0 Å². The number of carbonyl (C=O) groups is 3. The Morgan fingerprint density at radius 3 is 2.25 bits per heavy atom. The van der Waals surface area contributed by atoms with Gasteiger partial charge in [-0.3, -0.25) is 9.59 Å². The van der Waals surface area contributed by atoms with E-state index < -0.39 is 17.8 Å². The lowest BCUT2D eigenvalue weighted by molar-refractivity contribution is -0.120. The molecule has 0 unspecified atom stereocenters. The van der Waals surface area contributed by atoms with E-state index in [4.69, 9.17) is 31.5 Å². The maximum absolute atomic E-state index is 13.2. The SMILES string of the molecule is COc1ccc(OC)c(N2C(=O)C(Cl)=C(Nc3ccc(C(=O)Oc4ccc(C)cc4N)cc3)C2=O)c1. The third-order valence-electron chi connectivity index (χ3n) is 5.41. The average molecular weight is 508 g/mol. The zero-order chi connectivity index (χ0) is 26.0. The van der Waals surface area contributed by atoms with Crippen molar-refractivity contribution in [1.29, 1.82) is 0 Å². The molecule has 3 aromatic carbocycles. The van der Waals surface area contributed by atoms with Gasteiger partial charge in [0.2, 0.25) is 0 Å². The minimum absolute atomic E-state index is 0.116. The molecule has 9 nitrogen and oxygen atoms in total. The number of aryl methyl sites for hydroxylation is 1. The standard InChI is InChI=1S/C26H22ClN3O6/c1-14-4-10-20(18(28)12-14)36-26(33)15-5-7-16(8-6-15)29-23-22(27)24(31)30(25(23)32)19-13-17(34-2)9-11-21(19)35-3/h4-13,29H,28H2,1-3H3. The first-order valence-corrected chi connectivity index (χ1v) is 11.1. The van der Waals surface area contributed by atoms with Crippen LogP contribution in [0.3, 0.4) is 0 Å². The first-order chi connectivity index (χ1) is 17.2. The molecule has 2 amide bonds. The number of nitrogen functional groups attached to an aromatic ring is 1. The number of nitrogens with zero attached hydrogens (tertiary/aromatic N) is 1. The van der Waals surface area contributed by atoms with E-state index in [1.165, 1.54) is 32.4 Å². The fraction of sp³-hybridized carbons (Fsp3) is 0.115. The third-order valence-corrected chi connectivity index (χ3v) is 5.76. The van der Waals surface area contributed by atoms with Gasteiger partial charge in [-0.2, -0.15) is 0 Å². The van der Waals surface area contributed by atoms with Gasteiger partial charge in [-0.1, -0.05) is 17.7 Å². The molecule has 36 heavy (non-hydrogen) atoms. The van der Waals surface area contributed by atoms with Gasteiger partial charge in [0.15, 0.2) is 5.75 Å². The molecule has 3 N–H and O–H groups in total. The maximum Gasteiger partial charge on any atom is 0.343 e. The number of hydrogen-bond acceptors (Lipinski definition) is 8. The Morgan fingerprint density at radius 2 is 1.61 bits per heavy atom. The van der Waals surface area contributed by atoms with Crippen LogP contribution in [0.1, 0.15) is 15.9 Å². The van der Waals surface area contributed by atoms with Crippen LogP contribution in [0.2, 0.25) is 0 Å². The van der Waals surface area contributed by atoms with Gasteiger partial charge in [0, 0.05) is 11.8 Å². The second-order valence-electron chi connectivity index (χ2n) is 7.81. The van der Waals surface area contributed by atoms with Crippen molar-refractivity contribution in [2.24, 2.45) is 0 Å². The first kappa shape index (κ1) is 24.6. The van der Waals surface area contributed by atoms with E-state index in [0.717, 1.165) is 10.5 Å². The number of benzene rings is 3. The quantitative estimate of drug-likeness (QED) is 0.211. The first-order valence-electron chi connectivity index (χ1n) is 10.7. The lowest BCUT2D eigenvalue weighted by Gasteiger charge is -2.19. The number of anilines is 3. The van der Waals surface area contributed by atoms with Crippen LogP contribution in [0.15, 0.2) is 71.4 Å². The summed E-state index contributed by atoms with van der Waals surface area (Å²) < 4.78 is 15.9. The minimum atomic E-state index is -0.716. The van der Waals surface area contributed by atoms with E-state index in [0.29, 0.717) is 22.9 Å². The fourth-order valence-electron chi connectivity index (χ4n) is 3.56. The predicted molar refractivity (Wildman–Crippen MR) is 136 cm³/mol. The number of carbonyl (C=O) groups excluding carboxylic acids is 3. The highest BCUT2D eigenvalue weighted by Crippen LogP contribution is 2.38. The molecule has 0 aliphatic carbocycles. The Kier molecular flexibility index (Phi) is 6.84. The molecular formula is C26H22ClN3O6. The van der Waals surface area contributed by atoms with Crippen LogP contribution in [-0.2, 0) is 9.59 Å². The second kappa shape index (κ2) is 10.0. The summed E-state index contributed by atoms with van der Waals surface area (Å²) in [5.41, 5.74) is 7.96. The molecule has 0 atom stereocenters. The van der Waals surface area contributed by atoms with Crippen molar-refractivity contribution in [3.63, 3.8) is 0 Å². The Balaban J connectivity index is 1.52. The number of hydrogen-bond donors (Lipinski definition) is 2. The number of methoxy groups -OCH3 is 2. The summed E-state index contributed by atoms with van der Waals surface area (Å²) >= 11 is 6.23. The summed E-state index contributed by atoms with van der Waals surface area (Å²) in [6, 6.07) is 16.0. The topological polar surface area (TPSA) is 120 Å². The largest absolute Gasteiger partial charge is 0.497 e. The molecule has 184 valence electrons. The molecule has 10 heteroatoms. The summed E-state index contributed by atoms with van der Waals surface area (Å²) in [7, 11) is 2.89. The highest BCUT2D eigenvalue weighted by atomic mass is 35.5. The average Bonchev–Trinajstić information content (AvgIpc) is 3.08. The number of halogens is 1. The van der Waals surface area contributed by atoms with E-state index in [1.54, 1.807) is 42.5 Å². The van der Waals surface area contributed by atoms with Crippen LogP contribution in [-0.4, -0.2) is 32.0 Å². The van der Waals surface area contributed by atoms with Gasteiger partial charge < -0.3 is 25.3 Å². The lowest BCUT2D eigenvalue weighted by atomic mass is 10.2. The normalized spacial score (nSPS) is 13.2. The molecule has 0 radical (unpaired) electrons. The van der Waals surface area contributed by atoms with E-state index >= 15 is 0 Å². The molecular weight excluding hydrogens is 486 g/mol. The molecule has 0 saturated carbocycles. The van der Waals surface area contributed by atoms with Crippen molar-refractivity contribution in [3.8, 4) is 17.2 Å². The smallest absolute Gasteiger partial charge is 0.343 e. The van der Waals surface area contributed by atoms with Gasteiger partial charge in [-0.15, -0.1) is 0 Å². The maximum atomic E-state index is 13.2. The van der Waals surface area contributed by atoms with Crippen LogP contribution >= 0.6 is 11.6 Å². The summed E-state index contributed by atoms with van der Waals surface area (Å²) in [6.07, 6.45) is 0. The van der Waals surface area contributed by atoms with Gasteiger partial charge in [0.05, 0.1) is 31.2 Å². The molecule has 0 bridgehead atoms. The number of nitrogens with two attached hydrogens (primary N) is 1. The van der Waals surface area contributed by atoms with Crippen molar-refractivity contribution in [2.45, 2.75) is 6.92 Å². The molecule has 3 aromatic rings. The number of ether oxygens (including phenoxy) is 3. The van der Waals surface area contributed by atoms with Crippen LogP contribution in [0, 0.1) is 6.92 Å². The Morgan fingerprint density at radius 1 is 0.917 bits per heavy atom. The van der Waals surface area contributed by atoms with Crippen molar-refractivity contribution in [2.75, 3.05) is 30.2 Å².